The summed E-state index contributed by atoms with van der Waals surface area (Å²) >= 11 is 9.40. The van der Waals surface area contributed by atoms with E-state index in [9.17, 15) is 0 Å². The molecule has 1 nitrogen and oxygen atoms in total. The van der Waals surface area contributed by atoms with E-state index in [1.54, 1.807) is 0 Å². The third-order valence-corrected chi connectivity index (χ3v) is 3.18. The Bertz CT molecular complexity index is 301. The van der Waals surface area contributed by atoms with Gasteiger partial charge >= 0.3 is 0 Å². The summed E-state index contributed by atoms with van der Waals surface area (Å²) in [6.07, 6.45) is 3.33. The van der Waals surface area contributed by atoms with Gasteiger partial charge in [-0.3, -0.25) is 0 Å². The second-order valence-corrected chi connectivity index (χ2v) is 4.71. The summed E-state index contributed by atoms with van der Waals surface area (Å²) in [5.41, 5.74) is 7.16. The van der Waals surface area contributed by atoms with Gasteiger partial charge in [0.05, 0.1) is 0 Å². The number of halogens is 2. The van der Waals surface area contributed by atoms with Crippen LogP contribution in [0, 0.1) is 0 Å². The van der Waals surface area contributed by atoms with E-state index in [1.807, 2.05) is 18.2 Å². The molecule has 0 amide bonds. The van der Waals surface area contributed by atoms with Crippen LogP contribution in [0.25, 0.3) is 0 Å². The van der Waals surface area contributed by atoms with Crippen molar-refractivity contribution in [2.45, 2.75) is 32.2 Å². The molecule has 0 heterocycles. The van der Waals surface area contributed by atoms with Gasteiger partial charge in [-0.1, -0.05) is 47.3 Å². The minimum absolute atomic E-state index is 0.0861. The highest BCUT2D eigenvalue weighted by atomic mass is 79.9. The van der Waals surface area contributed by atoms with E-state index in [0.717, 1.165) is 27.9 Å². The minimum Gasteiger partial charge on any atom is -0.324 e. The van der Waals surface area contributed by atoms with Crippen LogP contribution in [0.4, 0.5) is 0 Å². The van der Waals surface area contributed by atoms with E-state index in [-0.39, 0.29) is 6.04 Å². The Kier molecular flexibility index (Phi) is 4.93. The van der Waals surface area contributed by atoms with Gasteiger partial charge in [-0.2, -0.15) is 0 Å². The molecule has 14 heavy (non-hydrogen) atoms. The van der Waals surface area contributed by atoms with Crippen LogP contribution >= 0.6 is 27.5 Å². The van der Waals surface area contributed by atoms with Crippen molar-refractivity contribution >= 4 is 27.5 Å². The monoisotopic (exact) mass is 275 g/mol. The second-order valence-electron chi connectivity index (χ2n) is 3.41. The summed E-state index contributed by atoms with van der Waals surface area (Å²) in [7, 11) is 0. The molecule has 78 valence electrons. The molecule has 1 rings (SSSR count). The number of hydrogen-bond donors (Lipinski definition) is 1. The third kappa shape index (κ3) is 3.26. The van der Waals surface area contributed by atoms with Crippen molar-refractivity contribution in [2.24, 2.45) is 5.73 Å². The van der Waals surface area contributed by atoms with Gasteiger partial charge in [0.15, 0.2) is 0 Å². The Balaban J connectivity index is 2.77. The van der Waals surface area contributed by atoms with Crippen molar-refractivity contribution in [3.63, 3.8) is 0 Å². The van der Waals surface area contributed by atoms with E-state index in [4.69, 9.17) is 17.3 Å². The largest absolute Gasteiger partial charge is 0.324 e. The van der Waals surface area contributed by atoms with E-state index >= 15 is 0 Å². The number of benzene rings is 1. The van der Waals surface area contributed by atoms with Crippen LogP contribution in [0.2, 0.25) is 5.02 Å². The van der Waals surface area contributed by atoms with Gasteiger partial charge in [0.2, 0.25) is 0 Å². The molecular weight excluding hydrogens is 261 g/mol. The van der Waals surface area contributed by atoms with Crippen LogP contribution in [-0.4, -0.2) is 0 Å². The average Bonchev–Trinajstić information content (AvgIpc) is 2.18. The molecule has 0 fully saturated rings. The van der Waals surface area contributed by atoms with Crippen molar-refractivity contribution in [3.8, 4) is 0 Å². The SMILES string of the molecule is CCCC[C@H](N)c1cc(Cl)ccc1Br. The van der Waals surface area contributed by atoms with Crippen LogP contribution in [-0.2, 0) is 0 Å². The van der Waals surface area contributed by atoms with Crippen molar-refractivity contribution in [1.82, 2.24) is 0 Å². The van der Waals surface area contributed by atoms with Gasteiger partial charge in [0.25, 0.3) is 0 Å². The molecule has 1 atom stereocenters. The number of nitrogens with two attached hydrogens (primary N) is 1. The van der Waals surface area contributed by atoms with Crippen LogP contribution in [0.3, 0.4) is 0 Å². The van der Waals surface area contributed by atoms with Gasteiger partial charge in [0.1, 0.15) is 0 Å². The van der Waals surface area contributed by atoms with Crippen LogP contribution in [0.15, 0.2) is 22.7 Å². The van der Waals surface area contributed by atoms with Gasteiger partial charge in [-0.25, -0.2) is 0 Å². The number of rotatable bonds is 4. The van der Waals surface area contributed by atoms with Crippen molar-refractivity contribution in [3.05, 3.63) is 33.3 Å². The fourth-order valence-corrected chi connectivity index (χ4v) is 2.10. The lowest BCUT2D eigenvalue weighted by Crippen LogP contribution is -2.10. The standard InChI is InChI=1S/C11H15BrClN/c1-2-3-4-11(14)9-7-8(13)5-6-10(9)12/h5-7,11H,2-4,14H2,1H3/t11-/m0/s1. The van der Waals surface area contributed by atoms with E-state index < -0.39 is 0 Å². The van der Waals surface area contributed by atoms with E-state index in [2.05, 4.69) is 22.9 Å². The molecule has 0 aliphatic rings. The molecule has 1 aromatic carbocycles. The van der Waals surface area contributed by atoms with Gasteiger partial charge in [-0.05, 0) is 30.2 Å². The van der Waals surface area contributed by atoms with Crippen molar-refractivity contribution < 1.29 is 0 Å². The molecule has 0 aliphatic heterocycles. The Morgan fingerprint density at radius 3 is 2.86 bits per heavy atom. The first kappa shape index (κ1) is 12.0. The van der Waals surface area contributed by atoms with Crippen LogP contribution in [0.5, 0.6) is 0 Å². The predicted molar refractivity (Wildman–Crippen MR) is 65.6 cm³/mol. The van der Waals surface area contributed by atoms with Crippen molar-refractivity contribution in [1.29, 1.82) is 0 Å². The summed E-state index contributed by atoms with van der Waals surface area (Å²) in [6, 6.07) is 5.83. The zero-order valence-electron chi connectivity index (χ0n) is 8.26. The summed E-state index contributed by atoms with van der Waals surface area (Å²) in [5.74, 6) is 0. The fourth-order valence-electron chi connectivity index (χ4n) is 1.38. The first-order chi connectivity index (χ1) is 6.65. The Morgan fingerprint density at radius 1 is 1.50 bits per heavy atom. The van der Waals surface area contributed by atoms with Crippen molar-refractivity contribution in [2.75, 3.05) is 0 Å². The minimum atomic E-state index is 0.0861. The molecule has 3 heteroatoms. The van der Waals surface area contributed by atoms with E-state index in [0.29, 0.717) is 0 Å². The average molecular weight is 277 g/mol. The van der Waals surface area contributed by atoms with E-state index in [1.165, 1.54) is 6.42 Å². The maximum absolute atomic E-state index is 6.06. The van der Waals surface area contributed by atoms with Gasteiger partial charge in [-0.15, -0.1) is 0 Å². The van der Waals surface area contributed by atoms with Crippen LogP contribution < -0.4 is 5.73 Å². The molecule has 0 spiro atoms. The molecule has 0 aromatic heterocycles. The molecule has 0 aliphatic carbocycles. The second kappa shape index (κ2) is 5.74. The van der Waals surface area contributed by atoms with Gasteiger partial charge in [0, 0.05) is 15.5 Å². The topological polar surface area (TPSA) is 26.0 Å². The molecule has 0 saturated carbocycles. The summed E-state index contributed by atoms with van der Waals surface area (Å²) in [6.45, 7) is 2.17. The lowest BCUT2D eigenvalue weighted by atomic mass is 10.0. The van der Waals surface area contributed by atoms with Crippen LogP contribution in [0.1, 0.15) is 37.8 Å². The molecular formula is C11H15BrClN. The molecule has 2 N–H and O–H groups in total. The maximum atomic E-state index is 6.06. The maximum Gasteiger partial charge on any atom is 0.0410 e. The summed E-state index contributed by atoms with van der Waals surface area (Å²) in [5, 5.41) is 0.746. The summed E-state index contributed by atoms with van der Waals surface area (Å²) in [4.78, 5) is 0. The first-order valence-electron chi connectivity index (χ1n) is 4.85. The van der Waals surface area contributed by atoms with Gasteiger partial charge < -0.3 is 5.73 Å². The predicted octanol–water partition coefficient (Wildman–Crippen LogP) is 4.29. The lowest BCUT2D eigenvalue weighted by Gasteiger charge is -2.13. The molecule has 0 saturated heterocycles. The first-order valence-corrected chi connectivity index (χ1v) is 6.02. The number of unbranched alkanes of at least 4 members (excludes halogenated alkanes) is 1. The summed E-state index contributed by atoms with van der Waals surface area (Å²) < 4.78 is 1.05. The zero-order chi connectivity index (χ0) is 10.6. The number of hydrogen-bond acceptors (Lipinski definition) is 1. The quantitative estimate of drug-likeness (QED) is 0.872. The zero-order valence-corrected chi connectivity index (χ0v) is 10.6. The molecule has 1 aromatic rings. The third-order valence-electron chi connectivity index (χ3n) is 2.23. The Hall–Kier alpha value is -0.0500. The Labute approximate surface area is 98.8 Å². The highest BCUT2D eigenvalue weighted by Gasteiger charge is 2.09. The smallest absolute Gasteiger partial charge is 0.0410 e. The lowest BCUT2D eigenvalue weighted by molar-refractivity contribution is 0.602. The normalized spacial score (nSPS) is 12.9. The molecule has 0 unspecified atom stereocenters. The molecule has 0 bridgehead atoms. The molecule has 0 radical (unpaired) electrons. The fraction of sp³-hybridized carbons (Fsp3) is 0.455. The highest BCUT2D eigenvalue weighted by Crippen LogP contribution is 2.27. The highest BCUT2D eigenvalue weighted by molar-refractivity contribution is 9.10. The Morgan fingerprint density at radius 2 is 2.21 bits per heavy atom.